The molecule has 0 aliphatic carbocycles. The molecule has 1 aromatic rings. The fourth-order valence-electron chi connectivity index (χ4n) is 1.35. The highest BCUT2D eigenvalue weighted by Gasteiger charge is 2.30. The Morgan fingerprint density at radius 1 is 1.58 bits per heavy atom. The predicted molar refractivity (Wildman–Crippen MR) is 71.5 cm³/mol. The van der Waals surface area contributed by atoms with Crippen LogP contribution in [0.25, 0.3) is 0 Å². The van der Waals surface area contributed by atoms with Crippen LogP contribution in [0.4, 0.5) is 8.78 Å². The number of phenols is 1. The highest BCUT2D eigenvalue weighted by molar-refractivity contribution is 9.10. The minimum Gasteiger partial charge on any atom is -0.506 e. The maximum atomic E-state index is 13.7. The third kappa shape index (κ3) is 4.02. The summed E-state index contributed by atoms with van der Waals surface area (Å²) in [5, 5.41) is 9.62. The van der Waals surface area contributed by atoms with E-state index in [-0.39, 0.29) is 29.1 Å². The van der Waals surface area contributed by atoms with Gasteiger partial charge in [0.2, 0.25) is 6.17 Å². The van der Waals surface area contributed by atoms with Crippen LogP contribution in [0.15, 0.2) is 16.6 Å². The second kappa shape index (κ2) is 7.62. The number of nitrogens with two attached hydrogens (primary N) is 1. The molecule has 108 valence electrons. The third-order valence-electron chi connectivity index (χ3n) is 2.29. The quantitative estimate of drug-likeness (QED) is 0.810. The standard InChI is InChI=1S/C11H12BrF2NO3.ClH/c1-2-18-11(17)8(14)9(15)5-3-4-6(13)7(12)10(5)16;/h3-4,8-9,16H,2,15H2,1H3;1H/t8?,9-;/m1./s1. The van der Waals surface area contributed by atoms with Gasteiger partial charge in [-0.15, -0.1) is 12.4 Å². The summed E-state index contributed by atoms with van der Waals surface area (Å²) >= 11 is 2.80. The number of benzene rings is 1. The van der Waals surface area contributed by atoms with Crippen molar-refractivity contribution in [3.8, 4) is 5.75 Å². The van der Waals surface area contributed by atoms with Crippen molar-refractivity contribution < 1.29 is 23.4 Å². The molecule has 0 spiro atoms. The van der Waals surface area contributed by atoms with Crippen LogP contribution in [-0.2, 0) is 9.53 Å². The molecule has 0 saturated heterocycles. The van der Waals surface area contributed by atoms with E-state index in [0.29, 0.717) is 0 Å². The topological polar surface area (TPSA) is 72.5 Å². The van der Waals surface area contributed by atoms with Gasteiger partial charge >= 0.3 is 5.97 Å². The Hall–Kier alpha value is -0.920. The van der Waals surface area contributed by atoms with Gasteiger partial charge in [0.15, 0.2) is 0 Å². The van der Waals surface area contributed by atoms with Gasteiger partial charge in [0.25, 0.3) is 0 Å². The zero-order valence-corrected chi connectivity index (χ0v) is 12.3. The summed E-state index contributed by atoms with van der Waals surface area (Å²) < 4.78 is 31.0. The fraction of sp³-hybridized carbons (Fsp3) is 0.364. The van der Waals surface area contributed by atoms with Crippen molar-refractivity contribution in [2.75, 3.05) is 6.61 Å². The summed E-state index contributed by atoms with van der Waals surface area (Å²) in [6.45, 7) is 1.55. The lowest BCUT2D eigenvalue weighted by Crippen LogP contribution is -2.31. The monoisotopic (exact) mass is 359 g/mol. The van der Waals surface area contributed by atoms with Crippen molar-refractivity contribution in [1.29, 1.82) is 0 Å². The second-order valence-corrected chi connectivity index (χ2v) is 4.27. The van der Waals surface area contributed by atoms with E-state index in [4.69, 9.17) is 5.73 Å². The van der Waals surface area contributed by atoms with E-state index in [1.54, 1.807) is 0 Å². The number of halogens is 4. The van der Waals surface area contributed by atoms with E-state index in [1.807, 2.05) is 0 Å². The average Bonchev–Trinajstić information content (AvgIpc) is 2.35. The zero-order valence-electron chi connectivity index (χ0n) is 9.90. The number of phenolic OH excluding ortho intramolecular Hbond substituents is 1. The van der Waals surface area contributed by atoms with Crippen LogP contribution >= 0.6 is 28.3 Å². The SMILES string of the molecule is CCOC(=O)C(F)[C@H](N)c1ccc(F)c(Br)c1O.Cl. The molecule has 19 heavy (non-hydrogen) atoms. The smallest absolute Gasteiger partial charge is 0.342 e. The lowest BCUT2D eigenvalue weighted by molar-refractivity contribution is -0.149. The van der Waals surface area contributed by atoms with Crippen molar-refractivity contribution >= 4 is 34.3 Å². The minimum absolute atomic E-state index is 0. The van der Waals surface area contributed by atoms with Crippen LogP contribution in [0.1, 0.15) is 18.5 Å². The first-order valence-electron chi connectivity index (χ1n) is 5.13. The summed E-state index contributed by atoms with van der Waals surface area (Å²) in [6.07, 6.45) is -2.13. The molecule has 3 N–H and O–H groups in total. The molecular formula is C11H13BrClF2NO3. The zero-order chi connectivity index (χ0) is 13.9. The Morgan fingerprint density at radius 3 is 2.68 bits per heavy atom. The Balaban J connectivity index is 0.00000324. The number of hydrogen-bond acceptors (Lipinski definition) is 4. The Morgan fingerprint density at radius 2 is 2.16 bits per heavy atom. The molecule has 0 bridgehead atoms. The van der Waals surface area contributed by atoms with Crippen LogP contribution in [0, 0.1) is 5.82 Å². The van der Waals surface area contributed by atoms with Crippen LogP contribution in [0.3, 0.4) is 0 Å². The molecule has 2 atom stereocenters. The lowest BCUT2D eigenvalue weighted by atomic mass is 10.0. The molecule has 0 aliphatic heterocycles. The van der Waals surface area contributed by atoms with E-state index >= 15 is 0 Å². The van der Waals surface area contributed by atoms with Gasteiger partial charge in [-0.3, -0.25) is 0 Å². The van der Waals surface area contributed by atoms with E-state index < -0.39 is 29.7 Å². The average molecular weight is 361 g/mol. The van der Waals surface area contributed by atoms with Gasteiger partial charge < -0.3 is 15.6 Å². The summed E-state index contributed by atoms with van der Waals surface area (Å²) in [5.41, 5.74) is 5.43. The molecule has 1 unspecified atom stereocenters. The normalized spacial score (nSPS) is 13.3. The first-order valence-corrected chi connectivity index (χ1v) is 5.92. The number of rotatable bonds is 4. The van der Waals surface area contributed by atoms with E-state index in [0.717, 1.165) is 12.1 Å². The van der Waals surface area contributed by atoms with Crippen LogP contribution in [0.2, 0.25) is 0 Å². The molecule has 0 aliphatic rings. The molecule has 8 heteroatoms. The van der Waals surface area contributed by atoms with Gasteiger partial charge in [-0.1, -0.05) is 6.07 Å². The second-order valence-electron chi connectivity index (χ2n) is 3.48. The molecule has 0 heterocycles. The number of esters is 1. The van der Waals surface area contributed by atoms with Crippen molar-refractivity contribution in [3.05, 3.63) is 28.0 Å². The van der Waals surface area contributed by atoms with E-state index in [9.17, 15) is 18.7 Å². The first kappa shape index (κ1) is 18.1. The maximum absolute atomic E-state index is 13.7. The number of ether oxygens (including phenoxy) is 1. The summed E-state index contributed by atoms with van der Waals surface area (Å²) in [7, 11) is 0. The highest BCUT2D eigenvalue weighted by atomic mass is 79.9. The Bertz CT molecular complexity index is 462. The summed E-state index contributed by atoms with van der Waals surface area (Å²) in [4.78, 5) is 11.2. The van der Waals surface area contributed by atoms with Crippen molar-refractivity contribution in [1.82, 2.24) is 0 Å². The van der Waals surface area contributed by atoms with Gasteiger partial charge in [0.1, 0.15) is 11.6 Å². The fourth-order valence-corrected chi connectivity index (χ4v) is 1.71. The van der Waals surface area contributed by atoms with Crippen molar-refractivity contribution in [2.24, 2.45) is 5.73 Å². The number of carbonyl (C=O) groups is 1. The molecule has 1 aromatic carbocycles. The van der Waals surface area contributed by atoms with E-state index in [1.165, 1.54) is 6.92 Å². The van der Waals surface area contributed by atoms with Gasteiger partial charge in [-0.25, -0.2) is 13.6 Å². The molecule has 0 saturated carbocycles. The van der Waals surface area contributed by atoms with Crippen molar-refractivity contribution in [3.63, 3.8) is 0 Å². The lowest BCUT2D eigenvalue weighted by Gasteiger charge is -2.17. The van der Waals surface area contributed by atoms with Crippen LogP contribution in [-0.4, -0.2) is 23.9 Å². The van der Waals surface area contributed by atoms with E-state index in [2.05, 4.69) is 20.7 Å². The van der Waals surface area contributed by atoms with Gasteiger partial charge in [0.05, 0.1) is 17.1 Å². The van der Waals surface area contributed by atoms with Gasteiger partial charge in [-0.05, 0) is 28.9 Å². The van der Waals surface area contributed by atoms with Crippen LogP contribution in [0.5, 0.6) is 5.75 Å². The van der Waals surface area contributed by atoms with Crippen LogP contribution < -0.4 is 5.73 Å². The minimum atomic E-state index is -2.13. The molecule has 0 aromatic heterocycles. The van der Waals surface area contributed by atoms with Gasteiger partial charge in [0, 0.05) is 5.56 Å². The number of aromatic hydroxyl groups is 1. The highest BCUT2D eigenvalue weighted by Crippen LogP contribution is 2.34. The first-order chi connectivity index (χ1) is 8.40. The number of carbonyl (C=O) groups excluding carboxylic acids is 1. The maximum Gasteiger partial charge on any atom is 0.342 e. The largest absolute Gasteiger partial charge is 0.506 e. The molecule has 0 fully saturated rings. The molecular weight excluding hydrogens is 347 g/mol. The molecule has 1 rings (SSSR count). The Kier molecular flexibility index (Phi) is 7.25. The third-order valence-corrected chi connectivity index (χ3v) is 3.04. The summed E-state index contributed by atoms with van der Waals surface area (Å²) in [6, 6.07) is 0.698. The van der Waals surface area contributed by atoms with Crippen molar-refractivity contribution in [2.45, 2.75) is 19.1 Å². The molecule has 0 radical (unpaired) electrons. The van der Waals surface area contributed by atoms with Gasteiger partial charge in [-0.2, -0.15) is 0 Å². The molecule has 4 nitrogen and oxygen atoms in total. The molecule has 0 amide bonds. The number of alkyl halides is 1. The summed E-state index contributed by atoms with van der Waals surface area (Å²) in [5.74, 6) is -2.37. The Labute approximate surface area is 123 Å². The predicted octanol–water partition coefficient (Wildman–Crippen LogP) is 2.62. The number of hydrogen-bond donors (Lipinski definition) is 2.